The number of amides is 1. The first kappa shape index (κ1) is 17.3. The van der Waals surface area contributed by atoms with E-state index in [-0.39, 0.29) is 5.91 Å². The van der Waals surface area contributed by atoms with Crippen molar-refractivity contribution in [3.05, 3.63) is 71.6 Å². The molecule has 2 aliphatic rings. The van der Waals surface area contributed by atoms with Crippen molar-refractivity contribution in [1.29, 1.82) is 0 Å². The molecule has 4 nitrogen and oxygen atoms in total. The van der Waals surface area contributed by atoms with Crippen molar-refractivity contribution in [1.82, 2.24) is 0 Å². The minimum absolute atomic E-state index is 0.207. The van der Waals surface area contributed by atoms with Gasteiger partial charge in [-0.15, -0.1) is 0 Å². The van der Waals surface area contributed by atoms with Crippen LogP contribution in [0.2, 0.25) is 0 Å². The van der Waals surface area contributed by atoms with Gasteiger partial charge in [-0.25, -0.2) is 0 Å². The Morgan fingerprint density at radius 1 is 1.00 bits per heavy atom. The number of hydrogen-bond donors (Lipinski definition) is 2. The predicted molar refractivity (Wildman–Crippen MR) is 110 cm³/mol. The molecule has 3 rings (SSSR count). The highest BCUT2D eigenvalue weighted by Gasteiger charge is 2.28. The van der Waals surface area contributed by atoms with E-state index in [9.17, 15) is 4.79 Å². The Kier molecular flexibility index (Phi) is 4.92. The average Bonchev–Trinajstić information content (AvgIpc) is 2.59. The first-order valence-corrected chi connectivity index (χ1v) is 8.58. The average molecular weight is 367 g/mol. The lowest BCUT2D eigenvalue weighted by atomic mass is 10.0. The zero-order valence-electron chi connectivity index (χ0n) is 13.4. The number of rotatable bonds is 3. The molecule has 0 spiro atoms. The van der Waals surface area contributed by atoms with Crippen LogP contribution in [0.25, 0.3) is 0 Å². The summed E-state index contributed by atoms with van der Waals surface area (Å²) >= 11 is 10.9. The molecule has 0 bridgehead atoms. The zero-order chi connectivity index (χ0) is 18.0. The fourth-order valence-electron chi connectivity index (χ4n) is 2.66. The topological polar surface area (TPSA) is 72.3 Å². The van der Waals surface area contributed by atoms with Gasteiger partial charge in [0.2, 0.25) is 0 Å². The van der Waals surface area contributed by atoms with Crippen LogP contribution < -0.4 is 16.4 Å². The second-order valence-corrected chi connectivity index (χ2v) is 6.75. The number of nitrogen functional groups attached to an aromatic ring is 1. The number of nitrogens with two attached hydrogens (primary N) is 2. The van der Waals surface area contributed by atoms with Gasteiger partial charge in [-0.05, 0) is 42.5 Å². The van der Waals surface area contributed by atoms with Crippen LogP contribution in [-0.4, -0.2) is 15.6 Å². The smallest absolute Gasteiger partial charge is 0.264 e. The molecule has 0 atom stereocenters. The van der Waals surface area contributed by atoms with Crippen molar-refractivity contribution in [2.24, 2.45) is 5.73 Å². The summed E-state index contributed by atoms with van der Waals surface area (Å²) in [5.41, 5.74) is 14.7. The van der Waals surface area contributed by atoms with Crippen LogP contribution in [-0.2, 0) is 4.79 Å². The quantitative estimate of drug-likeness (QED) is 0.633. The van der Waals surface area contributed by atoms with Crippen LogP contribution in [0.3, 0.4) is 0 Å². The first-order chi connectivity index (χ1) is 12.0. The van der Waals surface area contributed by atoms with Crippen molar-refractivity contribution in [2.45, 2.75) is 12.8 Å². The molecule has 0 radical (unpaired) electrons. The summed E-state index contributed by atoms with van der Waals surface area (Å²) in [6, 6.07) is 7.08. The number of anilines is 2. The summed E-state index contributed by atoms with van der Waals surface area (Å²) in [6.45, 7) is 0. The summed E-state index contributed by atoms with van der Waals surface area (Å²) in [7, 11) is 0. The molecule has 0 aromatic heterocycles. The van der Waals surface area contributed by atoms with Crippen molar-refractivity contribution in [3.8, 4) is 0 Å². The van der Waals surface area contributed by atoms with Crippen LogP contribution in [0, 0.1) is 0 Å². The van der Waals surface area contributed by atoms with Crippen molar-refractivity contribution in [3.63, 3.8) is 0 Å². The maximum Gasteiger partial charge on any atom is 0.264 e. The minimum atomic E-state index is -0.207. The number of carbonyl (C=O) groups is 1. The zero-order valence-corrected chi connectivity index (χ0v) is 15.1. The third-order valence-electron chi connectivity index (χ3n) is 3.93. The molecule has 6 heteroatoms. The number of nitrogens with zero attached hydrogens (tertiary/aromatic N) is 1. The van der Waals surface area contributed by atoms with E-state index in [4.69, 9.17) is 35.9 Å². The molecule has 4 N–H and O–H groups in total. The van der Waals surface area contributed by atoms with E-state index in [0.29, 0.717) is 50.9 Å². The second-order valence-electron chi connectivity index (χ2n) is 5.76. The summed E-state index contributed by atoms with van der Waals surface area (Å²) in [5, 5.41) is 0. The van der Waals surface area contributed by atoms with E-state index in [2.05, 4.69) is 0 Å². The van der Waals surface area contributed by atoms with Crippen molar-refractivity contribution in [2.75, 3.05) is 10.6 Å². The van der Waals surface area contributed by atoms with Gasteiger partial charge in [0.25, 0.3) is 5.91 Å². The Balaban J connectivity index is 2.09. The Morgan fingerprint density at radius 3 is 2.36 bits per heavy atom. The largest absolute Gasteiger partial charge is 0.402 e. The van der Waals surface area contributed by atoms with E-state index < -0.39 is 0 Å². The Labute approximate surface area is 157 Å². The standard InChI is InChI=1S/C19H17N3OS2/c20-12-5-8-14(9-6-12)22(16-10-7-13(21)11-18(16)25)19(23)15-3-1-2-4-17(15)24/h1-3,5-10H,4,11,20-21H2. The van der Waals surface area contributed by atoms with Crippen molar-refractivity contribution < 1.29 is 4.79 Å². The Hall–Kier alpha value is -2.57. The molecule has 0 fully saturated rings. The number of carbonyl (C=O) groups excluding carboxylic acids is 1. The summed E-state index contributed by atoms with van der Waals surface area (Å²) in [5.74, 6) is -0.207. The summed E-state index contributed by atoms with van der Waals surface area (Å²) in [4.78, 5) is 16.1. The number of hydrogen-bond acceptors (Lipinski definition) is 5. The maximum atomic E-state index is 13.3. The second kappa shape index (κ2) is 7.13. The first-order valence-electron chi connectivity index (χ1n) is 7.77. The van der Waals surface area contributed by atoms with Gasteiger partial charge in [0.15, 0.2) is 0 Å². The molecule has 25 heavy (non-hydrogen) atoms. The van der Waals surface area contributed by atoms with Crippen LogP contribution in [0.5, 0.6) is 0 Å². The lowest BCUT2D eigenvalue weighted by Gasteiger charge is -2.29. The number of thiocarbonyl (C=S) groups is 2. The minimum Gasteiger partial charge on any atom is -0.402 e. The summed E-state index contributed by atoms with van der Waals surface area (Å²) in [6.07, 6.45) is 10.1. The molecular formula is C19H17N3OS2. The van der Waals surface area contributed by atoms with Gasteiger partial charge in [0.05, 0.1) is 11.3 Å². The lowest BCUT2D eigenvalue weighted by molar-refractivity contribution is -0.114. The summed E-state index contributed by atoms with van der Waals surface area (Å²) < 4.78 is 0. The highest BCUT2D eigenvalue weighted by atomic mass is 32.1. The van der Waals surface area contributed by atoms with Crippen molar-refractivity contribution >= 4 is 51.4 Å². The third kappa shape index (κ3) is 3.60. The van der Waals surface area contributed by atoms with E-state index in [1.165, 1.54) is 0 Å². The molecule has 1 amide bonds. The van der Waals surface area contributed by atoms with Gasteiger partial charge >= 0.3 is 0 Å². The molecular weight excluding hydrogens is 350 g/mol. The molecule has 0 saturated carbocycles. The third-order valence-corrected chi connectivity index (χ3v) is 4.67. The van der Waals surface area contributed by atoms with Gasteiger partial charge in [0, 0.05) is 39.6 Å². The van der Waals surface area contributed by atoms with Crippen LogP contribution in [0.1, 0.15) is 12.8 Å². The predicted octanol–water partition coefficient (Wildman–Crippen LogP) is 3.36. The molecule has 0 heterocycles. The van der Waals surface area contributed by atoms with Gasteiger partial charge < -0.3 is 11.5 Å². The van der Waals surface area contributed by atoms with Gasteiger partial charge in [-0.3, -0.25) is 9.69 Å². The number of allylic oxidation sites excluding steroid dienone is 7. The van der Waals surface area contributed by atoms with E-state index in [0.717, 1.165) is 0 Å². The van der Waals surface area contributed by atoms with Crippen LogP contribution in [0.15, 0.2) is 71.6 Å². The molecule has 126 valence electrons. The highest BCUT2D eigenvalue weighted by Crippen LogP contribution is 2.28. The Bertz CT molecular complexity index is 876. The molecule has 2 aliphatic carbocycles. The molecule has 0 aliphatic heterocycles. The van der Waals surface area contributed by atoms with Gasteiger partial charge in [0.1, 0.15) is 0 Å². The van der Waals surface area contributed by atoms with Crippen LogP contribution >= 0.6 is 24.4 Å². The lowest BCUT2D eigenvalue weighted by Crippen LogP contribution is -2.37. The van der Waals surface area contributed by atoms with E-state index in [1.54, 1.807) is 47.4 Å². The highest BCUT2D eigenvalue weighted by molar-refractivity contribution is 7.81. The molecule has 0 unspecified atom stereocenters. The molecule has 0 saturated heterocycles. The van der Waals surface area contributed by atoms with Gasteiger partial charge in [-0.2, -0.15) is 0 Å². The molecule has 1 aromatic rings. The maximum absolute atomic E-state index is 13.3. The number of benzene rings is 1. The SMILES string of the molecule is NC1=CC=C(N(C(=O)C2=CC=CCC2=S)c2ccc(N)cc2)C(=S)C1. The van der Waals surface area contributed by atoms with Crippen LogP contribution in [0.4, 0.5) is 11.4 Å². The molecule has 1 aromatic carbocycles. The van der Waals surface area contributed by atoms with E-state index in [1.807, 2.05) is 12.2 Å². The normalized spacial score (nSPS) is 16.9. The van der Waals surface area contributed by atoms with Gasteiger partial charge in [-0.1, -0.05) is 36.6 Å². The van der Waals surface area contributed by atoms with E-state index >= 15 is 0 Å². The fourth-order valence-corrected chi connectivity index (χ4v) is 3.23. The monoisotopic (exact) mass is 367 g/mol. The Morgan fingerprint density at radius 2 is 1.72 bits per heavy atom. The fraction of sp³-hybridized carbons (Fsp3) is 0.105.